The third kappa shape index (κ3) is 2.86. The molecule has 8 heteroatoms. The maximum Gasteiger partial charge on any atom is 0.333 e. The van der Waals surface area contributed by atoms with Gasteiger partial charge >= 0.3 is 5.69 Å². The van der Waals surface area contributed by atoms with Gasteiger partial charge in [-0.3, -0.25) is 9.78 Å². The zero-order valence-electron chi connectivity index (χ0n) is 14.6. The van der Waals surface area contributed by atoms with Crippen molar-refractivity contribution in [2.24, 2.45) is 0 Å². The highest BCUT2D eigenvalue weighted by Gasteiger charge is 2.16. The molecule has 29 heavy (non-hydrogen) atoms. The Morgan fingerprint density at radius 3 is 2.72 bits per heavy atom. The van der Waals surface area contributed by atoms with Gasteiger partial charge in [-0.15, -0.1) is 11.3 Å². The molecule has 3 heterocycles. The molecule has 0 bridgehead atoms. The van der Waals surface area contributed by atoms with E-state index in [-0.39, 0.29) is 5.02 Å². The Morgan fingerprint density at radius 2 is 1.90 bits per heavy atom. The van der Waals surface area contributed by atoms with E-state index >= 15 is 0 Å². The molecule has 142 valence electrons. The first-order valence-corrected chi connectivity index (χ1v) is 9.80. The van der Waals surface area contributed by atoms with E-state index in [2.05, 4.69) is 9.97 Å². The maximum absolute atomic E-state index is 13.4. The van der Waals surface area contributed by atoms with Gasteiger partial charge in [0, 0.05) is 27.4 Å². The number of fused-ring (bicyclic) bond motifs is 2. The van der Waals surface area contributed by atoms with Crippen molar-refractivity contribution in [3.8, 4) is 16.1 Å². The summed E-state index contributed by atoms with van der Waals surface area (Å²) in [7, 11) is 0. The van der Waals surface area contributed by atoms with Crippen molar-refractivity contribution in [2.75, 3.05) is 0 Å². The quantitative estimate of drug-likeness (QED) is 0.445. The molecule has 0 radical (unpaired) electrons. The van der Waals surface area contributed by atoms with Crippen molar-refractivity contribution in [1.82, 2.24) is 14.5 Å². The Morgan fingerprint density at radius 1 is 1.07 bits per heavy atom. The Kier molecular flexibility index (Phi) is 4.08. The number of thiophene rings is 1. The first kappa shape index (κ1) is 17.8. The van der Waals surface area contributed by atoms with E-state index in [0.717, 1.165) is 15.3 Å². The molecule has 5 nitrogen and oxygen atoms in total. The minimum absolute atomic E-state index is 0.234. The Balaban J connectivity index is 1.79. The van der Waals surface area contributed by atoms with Crippen LogP contribution in [0.4, 0.5) is 4.39 Å². The monoisotopic (exact) mass is 423 g/mol. The third-order valence-corrected chi connectivity index (χ3v) is 6.13. The van der Waals surface area contributed by atoms with Crippen molar-refractivity contribution in [3.63, 3.8) is 0 Å². The Hall–Kier alpha value is -3.29. The summed E-state index contributed by atoms with van der Waals surface area (Å²) in [6.45, 7) is 0. The van der Waals surface area contributed by atoms with E-state index in [0.29, 0.717) is 26.3 Å². The summed E-state index contributed by atoms with van der Waals surface area (Å²) in [5.74, 6) is -0.445. The van der Waals surface area contributed by atoms with Crippen LogP contribution in [0.15, 0.2) is 70.5 Å². The molecule has 5 aromatic rings. The van der Waals surface area contributed by atoms with Gasteiger partial charge in [0.2, 0.25) is 0 Å². The average molecular weight is 424 g/mol. The van der Waals surface area contributed by atoms with Crippen molar-refractivity contribution in [2.45, 2.75) is 0 Å². The van der Waals surface area contributed by atoms with Crippen LogP contribution in [0, 0.1) is 5.82 Å². The maximum atomic E-state index is 13.4. The summed E-state index contributed by atoms with van der Waals surface area (Å²) in [5, 5.41) is 1.80. The van der Waals surface area contributed by atoms with Crippen molar-refractivity contribution < 1.29 is 4.39 Å². The normalized spacial score (nSPS) is 11.4. The number of aromatic amines is 1. The van der Waals surface area contributed by atoms with Gasteiger partial charge in [0.05, 0.1) is 22.4 Å². The predicted octanol–water partition coefficient (Wildman–Crippen LogP) is 4.75. The first-order valence-electron chi connectivity index (χ1n) is 8.60. The molecule has 0 amide bonds. The van der Waals surface area contributed by atoms with Crippen LogP contribution >= 0.6 is 22.9 Å². The molecule has 0 saturated heterocycles. The highest BCUT2D eigenvalue weighted by Crippen LogP contribution is 2.35. The molecule has 0 fully saturated rings. The number of halogens is 2. The lowest BCUT2D eigenvalue weighted by Crippen LogP contribution is -2.33. The van der Waals surface area contributed by atoms with E-state index in [4.69, 9.17) is 11.6 Å². The summed E-state index contributed by atoms with van der Waals surface area (Å²) in [6, 6.07) is 13.1. The number of H-pyrrole nitrogens is 1. The van der Waals surface area contributed by atoms with Gasteiger partial charge in [0.15, 0.2) is 0 Å². The third-order valence-electron chi connectivity index (χ3n) is 4.66. The number of nitrogens with one attached hydrogen (secondary N) is 1. The molecule has 0 saturated carbocycles. The van der Waals surface area contributed by atoms with Gasteiger partial charge in [0.1, 0.15) is 10.5 Å². The summed E-state index contributed by atoms with van der Waals surface area (Å²) in [5.41, 5.74) is 0.398. The highest BCUT2D eigenvalue weighted by atomic mass is 35.5. The fourth-order valence-corrected chi connectivity index (χ4v) is 4.74. The van der Waals surface area contributed by atoms with E-state index in [1.165, 1.54) is 29.7 Å². The summed E-state index contributed by atoms with van der Waals surface area (Å²) >= 11 is 7.35. The number of rotatable bonds is 2. The lowest BCUT2D eigenvalue weighted by molar-refractivity contribution is 0.628. The molecule has 0 unspecified atom stereocenters. The molecule has 2 aromatic carbocycles. The van der Waals surface area contributed by atoms with E-state index < -0.39 is 17.1 Å². The van der Waals surface area contributed by atoms with Gasteiger partial charge in [-0.1, -0.05) is 35.9 Å². The number of hydrogen-bond donors (Lipinski definition) is 1. The summed E-state index contributed by atoms with van der Waals surface area (Å²) in [6.07, 6.45) is 3.17. The van der Waals surface area contributed by atoms with Crippen LogP contribution in [0.5, 0.6) is 0 Å². The zero-order valence-corrected chi connectivity index (χ0v) is 16.2. The fraction of sp³-hybridized carbons (Fsp3) is 0. The van der Waals surface area contributed by atoms with E-state index in [9.17, 15) is 14.0 Å². The standard InChI is InChI=1S/C21H11ClFN3O2S/c22-15-7-12(23)5-6-14(15)18-8-16-19(29-18)20(27)26(21(28)25-16)17-10-24-9-11-3-1-2-4-13(11)17/h1-10H,(H,25,28). The second kappa shape index (κ2) is 6.65. The molecule has 0 aliphatic rings. The molecule has 0 spiro atoms. The lowest BCUT2D eigenvalue weighted by atomic mass is 10.1. The fourth-order valence-electron chi connectivity index (χ4n) is 3.33. The Labute approximate surface area is 171 Å². The summed E-state index contributed by atoms with van der Waals surface area (Å²) < 4.78 is 14.8. The first-order chi connectivity index (χ1) is 14.0. The van der Waals surface area contributed by atoms with Crippen LogP contribution < -0.4 is 11.2 Å². The second-order valence-electron chi connectivity index (χ2n) is 6.43. The minimum atomic E-state index is -0.560. The van der Waals surface area contributed by atoms with Gasteiger partial charge in [-0.25, -0.2) is 13.8 Å². The molecular formula is C21H11ClFN3O2S. The van der Waals surface area contributed by atoms with E-state index in [1.54, 1.807) is 18.3 Å². The summed E-state index contributed by atoms with van der Waals surface area (Å²) in [4.78, 5) is 33.6. The number of aromatic nitrogens is 3. The average Bonchev–Trinajstić information content (AvgIpc) is 3.12. The smallest absolute Gasteiger partial charge is 0.306 e. The van der Waals surface area contributed by atoms with Gasteiger partial charge < -0.3 is 4.98 Å². The lowest BCUT2D eigenvalue weighted by Gasteiger charge is -2.07. The number of benzene rings is 2. The number of pyridine rings is 1. The molecule has 0 atom stereocenters. The van der Waals surface area contributed by atoms with Crippen molar-refractivity contribution in [1.29, 1.82) is 0 Å². The highest BCUT2D eigenvalue weighted by molar-refractivity contribution is 7.22. The molecule has 0 aliphatic heterocycles. The van der Waals surface area contributed by atoms with Gasteiger partial charge in [-0.2, -0.15) is 0 Å². The molecular weight excluding hydrogens is 413 g/mol. The molecule has 1 N–H and O–H groups in total. The van der Waals surface area contributed by atoms with Crippen LogP contribution in [-0.2, 0) is 0 Å². The zero-order chi connectivity index (χ0) is 20.1. The molecule has 3 aromatic heterocycles. The predicted molar refractivity (Wildman–Crippen MR) is 114 cm³/mol. The second-order valence-corrected chi connectivity index (χ2v) is 7.89. The molecule has 0 aliphatic carbocycles. The minimum Gasteiger partial charge on any atom is -0.306 e. The van der Waals surface area contributed by atoms with Crippen LogP contribution in [0.1, 0.15) is 0 Å². The van der Waals surface area contributed by atoms with Gasteiger partial charge in [-0.05, 0) is 24.3 Å². The largest absolute Gasteiger partial charge is 0.333 e. The van der Waals surface area contributed by atoms with E-state index in [1.807, 2.05) is 24.3 Å². The van der Waals surface area contributed by atoms with Crippen molar-refractivity contribution in [3.05, 3.63) is 92.6 Å². The number of nitrogens with zero attached hydrogens (tertiary/aromatic N) is 2. The van der Waals surface area contributed by atoms with Crippen LogP contribution in [0.2, 0.25) is 5.02 Å². The van der Waals surface area contributed by atoms with Crippen LogP contribution in [0.25, 0.3) is 37.1 Å². The Bertz CT molecular complexity index is 1530. The van der Waals surface area contributed by atoms with Crippen LogP contribution in [-0.4, -0.2) is 14.5 Å². The number of hydrogen-bond acceptors (Lipinski definition) is 4. The van der Waals surface area contributed by atoms with Gasteiger partial charge in [0.25, 0.3) is 5.56 Å². The van der Waals surface area contributed by atoms with Crippen LogP contribution in [0.3, 0.4) is 0 Å². The topological polar surface area (TPSA) is 67.8 Å². The SMILES string of the molecule is O=c1[nH]c2cc(-c3ccc(F)cc3Cl)sc2c(=O)n1-c1cncc2ccccc12. The molecule has 5 rings (SSSR count). The van der Waals surface area contributed by atoms with Crippen molar-refractivity contribution >= 4 is 43.9 Å².